The molecule has 2 N–H and O–H groups in total. The molecule has 34 heavy (non-hydrogen) atoms. The van der Waals surface area contributed by atoms with E-state index >= 15 is 0 Å². The number of guanidine groups is 1. The van der Waals surface area contributed by atoms with Crippen LogP contribution < -0.4 is 5.32 Å². The number of aromatic nitrogens is 3. The fourth-order valence-electron chi connectivity index (χ4n) is 4.91. The Kier molecular flexibility index (Phi) is 7.54. The molecule has 2 aromatic heterocycles. The van der Waals surface area contributed by atoms with Gasteiger partial charge in [0.1, 0.15) is 0 Å². The monoisotopic (exact) mass is 470 g/mol. The van der Waals surface area contributed by atoms with E-state index in [4.69, 9.17) is 14.6 Å². The summed E-state index contributed by atoms with van der Waals surface area (Å²) in [7, 11) is 1.67. The summed E-state index contributed by atoms with van der Waals surface area (Å²) in [6.07, 6.45) is 8.24. The molecule has 0 aromatic carbocycles. The van der Waals surface area contributed by atoms with Gasteiger partial charge in [0.25, 0.3) is 0 Å². The molecule has 9 heteroatoms. The van der Waals surface area contributed by atoms with Gasteiger partial charge in [0, 0.05) is 47.8 Å². The number of ether oxygens (including phenoxy) is 2. The lowest BCUT2D eigenvalue weighted by Crippen LogP contribution is -2.35. The number of nitrogens with one attached hydrogen (secondary N) is 1. The number of rotatable bonds is 8. The van der Waals surface area contributed by atoms with Crippen LogP contribution in [0.2, 0.25) is 0 Å². The lowest BCUT2D eigenvalue weighted by molar-refractivity contribution is -0.0286. The molecule has 1 aliphatic carbocycles. The Morgan fingerprint density at radius 2 is 2.15 bits per heavy atom. The molecule has 9 nitrogen and oxygen atoms in total. The minimum absolute atomic E-state index is 0.0465. The van der Waals surface area contributed by atoms with Gasteiger partial charge in [-0.1, -0.05) is 6.92 Å². The maximum absolute atomic E-state index is 10.8. The number of nitrogens with zero attached hydrogens (tertiary/aromatic N) is 5. The van der Waals surface area contributed by atoms with E-state index in [1.54, 1.807) is 7.11 Å². The molecule has 1 aliphatic heterocycles. The maximum atomic E-state index is 10.8. The zero-order valence-electron chi connectivity index (χ0n) is 20.8. The Labute approximate surface area is 201 Å². The summed E-state index contributed by atoms with van der Waals surface area (Å²) < 4.78 is 14.6. The number of aliphatic hydroxyl groups is 1. The molecule has 2 fully saturated rings. The summed E-state index contributed by atoms with van der Waals surface area (Å²) in [5.74, 6) is 0.764. The van der Waals surface area contributed by atoms with Crippen LogP contribution in [0.4, 0.5) is 0 Å². The van der Waals surface area contributed by atoms with Gasteiger partial charge in [-0.05, 0) is 58.7 Å². The van der Waals surface area contributed by atoms with Crippen LogP contribution in [0.1, 0.15) is 69.3 Å². The van der Waals surface area contributed by atoms with E-state index in [-0.39, 0.29) is 6.04 Å². The minimum Gasteiger partial charge on any atom is -0.390 e. The van der Waals surface area contributed by atoms with Crippen molar-refractivity contribution in [2.24, 2.45) is 10.1 Å². The van der Waals surface area contributed by atoms with E-state index in [0.29, 0.717) is 37.7 Å². The van der Waals surface area contributed by atoms with Crippen molar-refractivity contribution >= 4 is 12.7 Å². The summed E-state index contributed by atoms with van der Waals surface area (Å²) in [6, 6.07) is 2.59. The summed E-state index contributed by atoms with van der Waals surface area (Å²) in [6.45, 7) is 11.8. The average molecular weight is 471 g/mol. The third-order valence-electron chi connectivity index (χ3n) is 7.28. The lowest BCUT2D eigenvalue weighted by Gasteiger charge is -2.35. The first kappa shape index (κ1) is 24.6. The predicted molar refractivity (Wildman–Crippen MR) is 134 cm³/mol. The molecule has 0 unspecified atom stereocenters. The molecule has 4 rings (SSSR count). The maximum Gasteiger partial charge on any atom is 0.240 e. The van der Waals surface area contributed by atoms with E-state index < -0.39 is 5.60 Å². The van der Waals surface area contributed by atoms with Crippen LogP contribution in [0.15, 0.2) is 28.6 Å². The minimum atomic E-state index is -0.550. The van der Waals surface area contributed by atoms with Gasteiger partial charge >= 0.3 is 0 Å². The van der Waals surface area contributed by atoms with Crippen LogP contribution in [0.5, 0.6) is 0 Å². The van der Waals surface area contributed by atoms with Crippen molar-refractivity contribution in [1.82, 2.24) is 19.8 Å². The molecule has 0 bridgehead atoms. The standard InChI is InChI=1S/C25H38N6O3/c1-6-25(32)9-7-19(8-10-25)23-11-22(20-12-27-30(13-20)21-15-34-16-21)18(3)31(23)29-24(26-4)28-17(2)14-33-5/h11-13,17,19,21,32H,4,6-10,14-16H2,1-3,5H3,(H,28,29)/t17-,19-,25+/m0/s1. The zero-order chi connectivity index (χ0) is 24.3. The highest BCUT2D eigenvalue weighted by molar-refractivity contribution is 5.84. The molecule has 1 saturated heterocycles. The Balaban J connectivity index is 1.69. The highest BCUT2D eigenvalue weighted by Crippen LogP contribution is 2.42. The SMILES string of the molecule is C=N/C(=N\n1c(C)c(-c2cnn(C3COC3)c2)cc1[C@H]1CC[C@](O)(CC)CC1)N[C@@H](C)COC. The van der Waals surface area contributed by atoms with Crippen LogP contribution in [0.3, 0.4) is 0 Å². The van der Waals surface area contributed by atoms with Crippen molar-refractivity contribution in [3.05, 3.63) is 29.8 Å². The molecule has 3 heterocycles. The molecule has 2 aliphatic rings. The smallest absolute Gasteiger partial charge is 0.240 e. The van der Waals surface area contributed by atoms with Crippen LogP contribution >= 0.6 is 0 Å². The largest absolute Gasteiger partial charge is 0.390 e. The van der Waals surface area contributed by atoms with E-state index in [9.17, 15) is 5.11 Å². The Morgan fingerprint density at radius 3 is 2.74 bits per heavy atom. The molecule has 0 spiro atoms. The summed E-state index contributed by atoms with van der Waals surface area (Å²) in [5.41, 5.74) is 3.78. The van der Waals surface area contributed by atoms with Gasteiger partial charge < -0.3 is 19.9 Å². The average Bonchev–Trinajstić information content (AvgIpc) is 3.38. The van der Waals surface area contributed by atoms with Gasteiger partial charge in [0.2, 0.25) is 5.96 Å². The first-order valence-corrected chi connectivity index (χ1v) is 12.3. The number of hydrogen-bond acceptors (Lipinski definition) is 5. The number of hydrogen-bond donors (Lipinski definition) is 2. The highest BCUT2D eigenvalue weighted by Gasteiger charge is 2.34. The van der Waals surface area contributed by atoms with Crippen molar-refractivity contribution in [3.8, 4) is 11.1 Å². The molecule has 1 saturated carbocycles. The number of methoxy groups -OCH3 is 1. The van der Waals surface area contributed by atoms with Gasteiger partial charge in [-0.3, -0.25) is 4.68 Å². The Hall–Kier alpha value is -2.49. The quantitative estimate of drug-likeness (QED) is 0.455. The topological polar surface area (TPSA) is 98.2 Å². The second-order valence-corrected chi connectivity index (χ2v) is 9.72. The highest BCUT2D eigenvalue weighted by atomic mass is 16.5. The second kappa shape index (κ2) is 10.4. The first-order chi connectivity index (χ1) is 16.4. The third-order valence-corrected chi connectivity index (χ3v) is 7.28. The normalized spacial score (nSPS) is 24.6. The van der Waals surface area contributed by atoms with Crippen LogP contribution in [0, 0.1) is 6.92 Å². The van der Waals surface area contributed by atoms with E-state index in [2.05, 4.69) is 48.2 Å². The van der Waals surface area contributed by atoms with Gasteiger partial charge in [-0.2, -0.15) is 5.10 Å². The van der Waals surface area contributed by atoms with Crippen LogP contribution in [-0.4, -0.2) is 70.8 Å². The van der Waals surface area contributed by atoms with E-state index in [1.807, 2.05) is 22.5 Å². The molecule has 186 valence electrons. The van der Waals surface area contributed by atoms with Crippen LogP contribution in [0.25, 0.3) is 11.1 Å². The predicted octanol–water partition coefficient (Wildman–Crippen LogP) is 3.47. The Morgan fingerprint density at radius 1 is 1.41 bits per heavy atom. The van der Waals surface area contributed by atoms with E-state index in [0.717, 1.165) is 54.6 Å². The van der Waals surface area contributed by atoms with Crippen LogP contribution in [-0.2, 0) is 9.47 Å². The molecule has 1 atom stereocenters. The van der Waals surface area contributed by atoms with Gasteiger partial charge in [-0.25, -0.2) is 9.67 Å². The van der Waals surface area contributed by atoms with Gasteiger partial charge in [-0.15, -0.1) is 5.10 Å². The van der Waals surface area contributed by atoms with Crippen molar-refractivity contribution in [2.45, 2.75) is 76.5 Å². The molecule has 2 aromatic rings. The lowest BCUT2D eigenvalue weighted by atomic mass is 9.76. The molecular formula is C25H38N6O3. The molecular weight excluding hydrogens is 432 g/mol. The fourth-order valence-corrected chi connectivity index (χ4v) is 4.91. The summed E-state index contributed by atoms with van der Waals surface area (Å²) >= 11 is 0. The van der Waals surface area contributed by atoms with Crippen molar-refractivity contribution in [1.29, 1.82) is 0 Å². The van der Waals surface area contributed by atoms with Crippen molar-refractivity contribution in [3.63, 3.8) is 0 Å². The van der Waals surface area contributed by atoms with Gasteiger partial charge in [0.05, 0.1) is 37.7 Å². The summed E-state index contributed by atoms with van der Waals surface area (Å²) in [4.78, 5) is 4.14. The molecule has 0 amide bonds. The fraction of sp³-hybridized carbons (Fsp3) is 0.640. The first-order valence-electron chi connectivity index (χ1n) is 12.3. The third kappa shape index (κ3) is 5.11. The van der Waals surface area contributed by atoms with Crippen molar-refractivity contribution in [2.75, 3.05) is 26.9 Å². The van der Waals surface area contributed by atoms with Gasteiger partial charge in [0.15, 0.2) is 0 Å². The Bertz CT molecular complexity index is 1010. The van der Waals surface area contributed by atoms with E-state index in [1.165, 1.54) is 0 Å². The zero-order valence-corrected chi connectivity index (χ0v) is 20.8. The number of aliphatic imine (C=N–C) groups is 1. The van der Waals surface area contributed by atoms with Crippen molar-refractivity contribution < 1.29 is 14.6 Å². The molecule has 0 radical (unpaired) electrons. The second-order valence-electron chi connectivity index (χ2n) is 9.72. The summed E-state index contributed by atoms with van der Waals surface area (Å²) in [5, 5.41) is 23.5.